The van der Waals surface area contributed by atoms with Gasteiger partial charge in [-0.25, -0.2) is 13.2 Å². The first-order valence-electron chi connectivity index (χ1n) is 13.9. The zero-order valence-corrected chi connectivity index (χ0v) is 24.0. The molecule has 1 saturated heterocycles. The van der Waals surface area contributed by atoms with Gasteiger partial charge in [0.2, 0.25) is 5.91 Å². The molecule has 3 amide bonds. The van der Waals surface area contributed by atoms with Gasteiger partial charge >= 0.3 is 6.03 Å². The molecule has 0 radical (unpaired) electrons. The number of carbonyl (C=O) groups excluding carboxylic acids is 2. The van der Waals surface area contributed by atoms with Gasteiger partial charge in [-0.3, -0.25) is 9.69 Å². The minimum atomic E-state index is -3.31. The Bertz CT molecular complexity index is 1300. The van der Waals surface area contributed by atoms with Gasteiger partial charge in [0.15, 0.2) is 9.84 Å². The van der Waals surface area contributed by atoms with Gasteiger partial charge in [-0.05, 0) is 88.4 Å². The molecule has 1 aliphatic heterocycles. The Kier molecular flexibility index (Phi) is 7.50. The fourth-order valence-electron chi connectivity index (χ4n) is 6.67. The average molecular weight is 553 g/mol. The summed E-state index contributed by atoms with van der Waals surface area (Å²) in [7, 11) is 0.988. The van der Waals surface area contributed by atoms with Crippen LogP contribution in [0.5, 0.6) is 0 Å². The summed E-state index contributed by atoms with van der Waals surface area (Å²) >= 11 is 0. The summed E-state index contributed by atoms with van der Waals surface area (Å²) < 4.78 is 23.5. The van der Waals surface area contributed by atoms with Crippen molar-refractivity contribution in [2.45, 2.75) is 60.9 Å². The number of anilines is 1. The second kappa shape index (κ2) is 10.6. The van der Waals surface area contributed by atoms with E-state index in [1.807, 2.05) is 0 Å². The fourth-order valence-corrected chi connectivity index (χ4v) is 7.30. The van der Waals surface area contributed by atoms with E-state index in [0.29, 0.717) is 18.2 Å². The van der Waals surface area contributed by atoms with E-state index in [-0.39, 0.29) is 34.5 Å². The highest BCUT2D eigenvalue weighted by Gasteiger charge is 2.55. The van der Waals surface area contributed by atoms with Crippen molar-refractivity contribution in [1.82, 2.24) is 14.7 Å². The van der Waals surface area contributed by atoms with Crippen molar-refractivity contribution in [2.24, 2.45) is 5.92 Å². The molecule has 210 valence electrons. The molecule has 0 bridgehead atoms. The van der Waals surface area contributed by atoms with Crippen LogP contribution < -0.4 is 5.32 Å². The number of hydrogen-bond donors (Lipinski definition) is 1. The van der Waals surface area contributed by atoms with Crippen LogP contribution in [0, 0.1) is 5.92 Å². The molecule has 9 heteroatoms. The number of nitrogens with zero attached hydrogens (tertiary/aromatic N) is 3. The molecule has 0 atom stereocenters. The van der Waals surface area contributed by atoms with E-state index in [4.69, 9.17) is 0 Å². The summed E-state index contributed by atoms with van der Waals surface area (Å²) in [6.07, 6.45) is 8.38. The van der Waals surface area contributed by atoms with Crippen LogP contribution in [0.2, 0.25) is 0 Å². The minimum Gasteiger partial charge on any atom is -0.325 e. The van der Waals surface area contributed by atoms with Crippen LogP contribution in [-0.2, 0) is 20.2 Å². The molecule has 2 aliphatic carbocycles. The van der Waals surface area contributed by atoms with Crippen molar-refractivity contribution in [3.05, 3.63) is 60.2 Å². The molecular weight excluding hydrogens is 512 g/mol. The lowest BCUT2D eigenvalue weighted by molar-refractivity contribution is -0.116. The Hall–Kier alpha value is -2.91. The van der Waals surface area contributed by atoms with Crippen LogP contribution in [0.25, 0.3) is 0 Å². The average Bonchev–Trinajstić information content (AvgIpc) is 3.11. The van der Waals surface area contributed by atoms with Gasteiger partial charge in [0, 0.05) is 30.6 Å². The van der Waals surface area contributed by atoms with Gasteiger partial charge in [0.05, 0.1) is 10.4 Å². The third-order valence-electron chi connectivity index (χ3n) is 9.30. The van der Waals surface area contributed by atoms with Crippen molar-refractivity contribution in [3.63, 3.8) is 0 Å². The minimum absolute atomic E-state index is 0.0207. The van der Waals surface area contributed by atoms with Crippen molar-refractivity contribution in [2.75, 3.05) is 45.3 Å². The van der Waals surface area contributed by atoms with E-state index in [2.05, 4.69) is 59.5 Å². The zero-order valence-electron chi connectivity index (χ0n) is 23.2. The normalized spacial score (nSPS) is 25.8. The summed E-state index contributed by atoms with van der Waals surface area (Å²) in [5.41, 5.74) is 1.49. The molecule has 0 unspecified atom stereocenters. The van der Waals surface area contributed by atoms with Crippen molar-refractivity contribution < 1.29 is 18.0 Å². The number of benzene rings is 2. The summed E-state index contributed by atoms with van der Waals surface area (Å²) in [6.45, 7) is 1.30. The third kappa shape index (κ3) is 5.43. The highest BCUT2D eigenvalue weighted by Crippen LogP contribution is 2.49. The topological polar surface area (TPSA) is 90.0 Å². The second-order valence-electron chi connectivity index (χ2n) is 11.9. The molecule has 3 aliphatic rings. The quantitative estimate of drug-likeness (QED) is 0.526. The van der Waals surface area contributed by atoms with E-state index in [1.165, 1.54) is 24.1 Å². The lowest BCUT2D eigenvalue weighted by Gasteiger charge is -2.51. The maximum absolute atomic E-state index is 13.8. The molecule has 2 saturated carbocycles. The maximum Gasteiger partial charge on any atom is 0.321 e. The van der Waals surface area contributed by atoms with Crippen LogP contribution in [0.1, 0.15) is 50.5 Å². The molecule has 8 nitrogen and oxygen atoms in total. The first-order chi connectivity index (χ1) is 18.5. The largest absolute Gasteiger partial charge is 0.325 e. The van der Waals surface area contributed by atoms with Gasteiger partial charge in [-0.2, -0.15) is 0 Å². The van der Waals surface area contributed by atoms with E-state index >= 15 is 0 Å². The monoisotopic (exact) mass is 552 g/mol. The van der Waals surface area contributed by atoms with Crippen molar-refractivity contribution in [1.29, 1.82) is 0 Å². The number of carbonyl (C=O) groups is 2. The number of hydrogen-bond acceptors (Lipinski definition) is 5. The van der Waals surface area contributed by atoms with E-state index in [0.717, 1.165) is 51.3 Å². The Balaban J connectivity index is 1.31. The van der Waals surface area contributed by atoms with E-state index < -0.39 is 9.84 Å². The molecule has 1 N–H and O–H groups in total. The molecule has 1 heterocycles. The molecule has 2 aromatic carbocycles. The molecule has 3 fully saturated rings. The van der Waals surface area contributed by atoms with Crippen LogP contribution in [0.3, 0.4) is 0 Å². The summed E-state index contributed by atoms with van der Waals surface area (Å²) in [5, 5.41) is 2.83. The Labute approximate surface area is 232 Å². The number of nitrogens with one attached hydrogen (secondary N) is 1. The molecule has 5 rings (SSSR count). The molecule has 2 aromatic rings. The smallest absolute Gasteiger partial charge is 0.321 e. The van der Waals surface area contributed by atoms with Gasteiger partial charge < -0.3 is 15.1 Å². The van der Waals surface area contributed by atoms with E-state index in [9.17, 15) is 18.0 Å². The summed E-state index contributed by atoms with van der Waals surface area (Å²) in [4.78, 5) is 33.1. The number of urea groups is 1. The molecule has 0 aromatic heterocycles. The highest BCUT2D eigenvalue weighted by atomic mass is 32.2. The second-order valence-corrected chi connectivity index (χ2v) is 13.9. The first kappa shape index (κ1) is 27.6. The Morgan fingerprint density at radius 3 is 2.18 bits per heavy atom. The number of amides is 3. The van der Waals surface area contributed by atoms with Gasteiger partial charge in [0.25, 0.3) is 0 Å². The predicted octanol–water partition coefficient (Wildman–Crippen LogP) is 4.34. The predicted molar refractivity (Wildman–Crippen MR) is 152 cm³/mol. The van der Waals surface area contributed by atoms with Crippen molar-refractivity contribution in [3.8, 4) is 0 Å². The number of rotatable bonds is 8. The van der Waals surface area contributed by atoms with Crippen molar-refractivity contribution >= 4 is 27.5 Å². The lowest BCUT2D eigenvalue weighted by Crippen LogP contribution is -2.56. The standard InChI is InChI=1S/C30H40N4O4S/c1-32(2)30(24-10-5-4-6-11-24)18-16-29(17-19-30)22-33(28(36)34(29)20-23-8-7-9-23)21-27(35)31-25-12-14-26(15-13-25)39(3,37)38/h4-6,10-15,23H,7-9,16-22H2,1-3H3,(H,31,35)/t29-,30+. The fraction of sp³-hybridized carbons (Fsp3) is 0.533. The van der Waals surface area contributed by atoms with E-state index in [1.54, 1.807) is 17.0 Å². The lowest BCUT2D eigenvalue weighted by atomic mass is 9.68. The van der Waals surface area contributed by atoms with Crippen LogP contribution >= 0.6 is 0 Å². The number of sulfone groups is 1. The van der Waals surface area contributed by atoms with Crippen LogP contribution in [0.15, 0.2) is 59.5 Å². The Morgan fingerprint density at radius 2 is 1.64 bits per heavy atom. The Morgan fingerprint density at radius 1 is 1.00 bits per heavy atom. The van der Waals surface area contributed by atoms with Gasteiger partial charge in [0.1, 0.15) is 6.54 Å². The first-order valence-corrected chi connectivity index (χ1v) is 15.8. The zero-order chi connectivity index (χ0) is 27.8. The maximum atomic E-state index is 13.8. The van der Waals surface area contributed by atoms with Crippen LogP contribution in [0.4, 0.5) is 10.5 Å². The van der Waals surface area contributed by atoms with Gasteiger partial charge in [-0.1, -0.05) is 36.8 Å². The highest BCUT2D eigenvalue weighted by molar-refractivity contribution is 7.90. The molecule has 39 heavy (non-hydrogen) atoms. The van der Waals surface area contributed by atoms with Crippen LogP contribution in [-0.4, -0.2) is 80.6 Å². The third-order valence-corrected chi connectivity index (χ3v) is 10.4. The molecule has 1 spiro atoms. The molecular formula is C30H40N4O4S. The van der Waals surface area contributed by atoms with Gasteiger partial charge in [-0.15, -0.1) is 0 Å². The summed E-state index contributed by atoms with van der Waals surface area (Å²) in [5.74, 6) is 0.265. The summed E-state index contributed by atoms with van der Waals surface area (Å²) in [6, 6.07) is 16.7. The SMILES string of the molecule is CN(C)[C@]1(c2ccccc2)CC[C@]2(CC1)CN(CC(=O)Nc1ccc(S(C)(=O)=O)cc1)C(=O)N2CC1CCC1.